The number of nitrogens with zero attached hydrogens (tertiary/aromatic N) is 1. The number of esters is 1. The number of rotatable bonds is 10. The van der Waals surface area contributed by atoms with Crippen LogP contribution in [0.3, 0.4) is 0 Å². The van der Waals surface area contributed by atoms with E-state index >= 15 is 0 Å². The van der Waals surface area contributed by atoms with E-state index in [1.165, 1.54) is 34.7 Å². The highest BCUT2D eigenvalue weighted by Crippen LogP contribution is 2.35. The Hall–Kier alpha value is -2.72. The predicted octanol–water partition coefficient (Wildman–Crippen LogP) is 6.14. The zero-order chi connectivity index (χ0) is 23.1. The summed E-state index contributed by atoms with van der Waals surface area (Å²) in [7, 11) is 1.44. The number of methoxy groups -OCH3 is 1. The van der Waals surface area contributed by atoms with Gasteiger partial charge in [0.05, 0.1) is 12.6 Å². The number of hydrogen-bond donors (Lipinski definition) is 1. The molecule has 1 aromatic heterocycles. The number of aryl methyl sites for hydroxylation is 2. The van der Waals surface area contributed by atoms with Crippen LogP contribution in [0.15, 0.2) is 42.5 Å². The number of carbonyl (C=O) groups is 1. The maximum Gasteiger partial charge on any atom is 0.305 e. The molecule has 170 valence electrons. The van der Waals surface area contributed by atoms with E-state index in [0.717, 1.165) is 48.9 Å². The van der Waals surface area contributed by atoms with E-state index in [9.17, 15) is 4.79 Å². The van der Waals surface area contributed by atoms with Crippen LogP contribution in [0.4, 0.5) is 0 Å². The summed E-state index contributed by atoms with van der Waals surface area (Å²) in [6.45, 7) is 7.04. The van der Waals surface area contributed by atoms with Crippen molar-refractivity contribution >= 4 is 16.9 Å². The van der Waals surface area contributed by atoms with Gasteiger partial charge in [-0.3, -0.25) is 9.78 Å². The van der Waals surface area contributed by atoms with Gasteiger partial charge in [0, 0.05) is 24.0 Å². The van der Waals surface area contributed by atoms with Gasteiger partial charge < -0.3 is 10.5 Å². The standard InChI is InChI=1S/C28H36N2O2/c1-19(2)16-26-24(18-29)28(22-13-10-20(3)11-14-22)23-17-21(12-15-25(23)30-26)8-6-5-7-9-27(31)32-4/h10-15,17,19H,5-9,16,18,29H2,1-4H3. The summed E-state index contributed by atoms with van der Waals surface area (Å²) >= 11 is 0. The molecule has 0 unspecified atom stereocenters. The Kier molecular flexibility index (Phi) is 8.40. The monoisotopic (exact) mass is 432 g/mol. The third kappa shape index (κ3) is 5.95. The number of hydrogen-bond acceptors (Lipinski definition) is 4. The number of unbranched alkanes of at least 4 members (excludes halogenated alkanes) is 2. The lowest BCUT2D eigenvalue weighted by atomic mass is 9.90. The second-order valence-corrected chi connectivity index (χ2v) is 9.07. The minimum Gasteiger partial charge on any atom is -0.469 e. The summed E-state index contributed by atoms with van der Waals surface area (Å²) in [4.78, 5) is 16.3. The van der Waals surface area contributed by atoms with E-state index in [1.54, 1.807) is 0 Å². The maximum atomic E-state index is 11.3. The van der Waals surface area contributed by atoms with Crippen LogP contribution in [-0.4, -0.2) is 18.1 Å². The predicted molar refractivity (Wildman–Crippen MR) is 133 cm³/mol. The Bertz CT molecular complexity index is 1060. The van der Waals surface area contributed by atoms with Crippen LogP contribution in [0, 0.1) is 12.8 Å². The quantitative estimate of drug-likeness (QED) is 0.308. The van der Waals surface area contributed by atoms with Crippen molar-refractivity contribution < 1.29 is 9.53 Å². The normalized spacial score (nSPS) is 11.3. The van der Waals surface area contributed by atoms with E-state index in [1.807, 2.05) is 0 Å². The molecule has 0 atom stereocenters. The van der Waals surface area contributed by atoms with Crippen molar-refractivity contribution in [3.05, 3.63) is 64.8 Å². The van der Waals surface area contributed by atoms with E-state index in [-0.39, 0.29) is 5.97 Å². The zero-order valence-electron chi connectivity index (χ0n) is 19.9. The first kappa shape index (κ1) is 23.9. The van der Waals surface area contributed by atoms with E-state index in [0.29, 0.717) is 18.9 Å². The number of benzene rings is 2. The summed E-state index contributed by atoms with van der Waals surface area (Å²) in [5.41, 5.74) is 14.6. The summed E-state index contributed by atoms with van der Waals surface area (Å²) in [5.74, 6) is 0.386. The van der Waals surface area contributed by atoms with Gasteiger partial charge >= 0.3 is 5.97 Å². The molecule has 2 N–H and O–H groups in total. The molecule has 0 saturated heterocycles. The lowest BCUT2D eigenvalue weighted by Crippen LogP contribution is -2.10. The topological polar surface area (TPSA) is 65.2 Å². The molecule has 0 saturated carbocycles. The molecule has 0 aliphatic carbocycles. The fourth-order valence-electron chi connectivity index (χ4n) is 4.26. The average molecular weight is 433 g/mol. The smallest absolute Gasteiger partial charge is 0.305 e. The second kappa shape index (κ2) is 11.2. The van der Waals surface area contributed by atoms with E-state index in [2.05, 4.69) is 63.2 Å². The number of fused-ring (bicyclic) bond motifs is 1. The van der Waals surface area contributed by atoms with Gasteiger partial charge in [-0.2, -0.15) is 0 Å². The zero-order valence-corrected chi connectivity index (χ0v) is 19.9. The van der Waals surface area contributed by atoms with Crippen molar-refractivity contribution in [3.63, 3.8) is 0 Å². The summed E-state index contributed by atoms with van der Waals surface area (Å²) in [6.07, 6.45) is 5.32. The fraction of sp³-hybridized carbons (Fsp3) is 0.429. The van der Waals surface area contributed by atoms with Crippen molar-refractivity contribution in [2.24, 2.45) is 11.7 Å². The van der Waals surface area contributed by atoms with Crippen molar-refractivity contribution in [2.45, 2.75) is 65.8 Å². The molecule has 0 spiro atoms. The van der Waals surface area contributed by atoms with Crippen LogP contribution in [-0.2, 0) is 28.9 Å². The van der Waals surface area contributed by atoms with Gasteiger partial charge in [0.2, 0.25) is 0 Å². The van der Waals surface area contributed by atoms with Gasteiger partial charge in [-0.15, -0.1) is 0 Å². The summed E-state index contributed by atoms with van der Waals surface area (Å²) < 4.78 is 4.73. The Morgan fingerprint density at radius 3 is 2.47 bits per heavy atom. The van der Waals surface area contributed by atoms with E-state index in [4.69, 9.17) is 15.5 Å². The average Bonchev–Trinajstić information content (AvgIpc) is 2.78. The lowest BCUT2D eigenvalue weighted by molar-refractivity contribution is -0.140. The largest absolute Gasteiger partial charge is 0.469 e. The molecule has 2 aromatic carbocycles. The molecular formula is C28H36N2O2. The highest BCUT2D eigenvalue weighted by Gasteiger charge is 2.17. The van der Waals surface area contributed by atoms with Gasteiger partial charge in [0.15, 0.2) is 0 Å². The molecular weight excluding hydrogens is 396 g/mol. The second-order valence-electron chi connectivity index (χ2n) is 9.07. The van der Waals surface area contributed by atoms with Crippen LogP contribution < -0.4 is 5.73 Å². The van der Waals surface area contributed by atoms with Gasteiger partial charge in [-0.25, -0.2) is 0 Å². The first-order valence-corrected chi connectivity index (χ1v) is 11.7. The third-order valence-electron chi connectivity index (χ3n) is 5.96. The summed E-state index contributed by atoms with van der Waals surface area (Å²) in [5, 5.41) is 1.17. The molecule has 0 radical (unpaired) electrons. The minimum absolute atomic E-state index is 0.129. The molecule has 0 aliphatic heterocycles. The van der Waals surface area contributed by atoms with Gasteiger partial charge in [0.1, 0.15) is 0 Å². The van der Waals surface area contributed by atoms with Crippen molar-refractivity contribution in [1.29, 1.82) is 0 Å². The minimum atomic E-state index is -0.129. The number of nitrogens with two attached hydrogens (primary N) is 1. The molecule has 0 aliphatic rings. The van der Waals surface area contributed by atoms with Gasteiger partial charge in [-0.05, 0) is 72.9 Å². The van der Waals surface area contributed by atoms with Gasteiger partial charge in [0.25, 0.3) is 0 Å². The fourth-order valence-corrected chi connectivity index (χ4v) is 4.26. The highest BCUT2D eigenvalue weighted by atomic mass is 16.5. The van der Waals surface area contributed by atoms with Crippen LogP contribution in [0.1, 0.15) is 61.9 Å². The molecule has 4 nitrogen and oxygen atoms in total. The number of ether oxygens (including phenoxy) is 1. The molecule has 32 heavy (non-hydrogen) atoms. The molecule has 3 aromatic rings. The van der Waals surface area contributed by atoms with Crippen molar-refractivity contribution in [3.8, 4) is 11.1 Å². The van der Waals surface area contributed by atoms with Crippen LogP contribution in [0.25, 0.3) is 22.0 Å². The lowest BCUT2D eigenvalue weighted by Gasteiger charge is -2.18. The SMILES string of the molecule is COC(=O)CCCCCc1ccc2nc(CC(C)C)c(CN)c(-c3ccc(C)cc3)c2c1. The molecule has 3 rings (SSSR count). The summed E-state index contributed by atoms with van der Waals surface area (Å²) in [6, 6.07) is 15.3. The Balaban J connectivity index is 1.97. The maximum absolute atomic E-state index is 11.3. The Morgan fingerprint density at radius 1 is 1.06 bits per heavy atom. The molecule has 0 fully saturated rings. The van der Waals surface area contributed by atoms with Crippen LogP contribution >= 0.6 is 0 Å². The van der Waals surface area contributed by atoms with Crippen molar-refractivity contribution in [1.82, 2.24) is 4.98 Å². The number of pyridine rings is 1. The molecule has 1 heterocycles. The Labute approximate surface area is 192 Å². The molecule has 4 heteroatoms. The third-order valence-corrected chi connectivity index (χ3v) is 5.96. The first-order valence-electron chi connectivity index (χ1n) is 11.7. The van der Waals surface area contributed by atoms with Crippen molar-refractivity contribution in [2.75, 3.05) is 7.11 Å². The highest BCUT2D eigenvalue weighted by molar-refractivity contribution is 5.97. The molecule has 0 bridgehead atoms. The number of aromatic nitrogens is 1. The number of carbonyl (C=O) groups excluding carboxylic acids is 1. The van der Waals surface area contributed by atoms with Gasteiger partial charge in [-0.1, -0.05) is 56.2 Å². The van der Waals surface area contributed by atoms with E-state index < -0.39 is 0 Å². The van der Waals surface area contributed by atoms with Crippen LogP contribution in [0.2, 0.25) is 0 Å². The Morgan fingerprint density at radius 2 is 1.81 bits per heavy atom. The molecule has 0 amide bonds. The first-order chi connectivity index (χ1) is 15.4. The van der Waals surface area contributed by atoms with Crippen LogP contribution in [0.5, 0.6) is 0 Å².